The Kier molecular flexibility index (Phi) is 7.03. The summed E-state index contributed by atoms with van der Waals surface area (Å²) in [6, 6.07) is -0.491. The lowest BCUT2D eigenvalue weighted by Gasteiger charge is -2.24. The van der Waals surface area contributed by atoms with Crippen molar-refractivity contribution in [2.24, 2.45) is 11.7 Å². The second kappa shape index (κ2) is 7.14. The van der Waals surface area contributed by atoms with Crippen molar-refractivity contribution >= 4 is 17.7 Å². The SMILES string of the molecule is CCC(C)[C@H](N)C(=O)NCC(C)(O)CSC. The zero-order valence-corrected chi connectivity index (χ0v) is 11.4. The van der Waals surface area contributed by atoms with Crippen molar-refractivity contribution in [1.82, 2.24) is 5.32 Å². The van der Waals surface area contributed by atoms with E-state index in [0.29, 0.717) is 5.75 Å². The molecule has 5 heteroatoms. The normalized spacial score (nSPS) is 18.6. The molecule has 0 aliphatic rings. The molecule has 16 heavy (non-hydrogen) atoms. The van der Waals surface area contributed by atoms with Gasteiger partial charge in [0.15, 0.2) is 0 Å². The van der Waals surface area contributed by atoms with E-state index in [1.54, 1.807) is 18.7 Å². The number of hydrogen-bond acceptors (Lipinski definition) is 4. The van der Waals surface area contributed by atoms with E-state index in [9.17, 15) is 9.90 Å². The molecule has 4 nitrogen and oxygen atoms in total. The molecule has 96 valence electrons. The minimum absolute atomic E-state index is 0.158. The molecule has 0 saturated heterocycles. The molecule has 3 atom stereocenters. The predicted octanol–water partition coefficient (Wildman–Crippen LogP) is 0.590. The van der Waals surface area contributed by atoms with Gasteiger partial charge in [0.05, 0.1) is 11.6 Å². The average Bonchev–Trinajstić information content (AvgIpc) is 2.23. The lowest BCUT2D eigenvalue weighted by molar-refractivity contribution is -0.124. The van der Waals surface area contributed by atoms with Crippen LogP contribution in [0, 0.1) is 5.92 Å². The van der Waals surface area contributed by atoms with Crippen molar-refractivity contribution in [3.8, 4) is 0 Å². The van der Waals surface area contributed by atoms with Gasteiger partial charge in [-0.2, -0.15) is 11.8 Å². The van der Waals surface area contributed by atoms with Gasteiger partial charge in [-0.3, -0.25) is 4.79 Å². The summed E-state index contributed by atoms with van der Waals surface area (Å²) >= 11 is 1.55. The second-order valence-corrected chi connectivity index (χ2v) is 5.43. The first-order valence-electron chi connectivity index (χ1n) is 5.58. The largest absolute Gasteiger partial charge is 0.387 e. The molecule has 0 fully saturated rings. The van der Waals surface area contributed by atoms with Crippen LogP contribution in [0.1, 0.15) is 27.2 Å². The highest BCUT2D eigenvalue weighted by atomic mass is 32.2. The van der Waals surface area contributed by atoms with Crippen LogP contribution in [0.3, 0.4) is 0 Å². The smallest absolute Gasteiger partial charge is 0.237 e. The topological polar surface area (TPSA) is 75.4 Å². The Bertz CT molecular complexity index is 222. The van der Waals surface area contributed by atoms with Gasteiger partial charge in [-0.05, 0) is 19.1 Å². The molecule has 0 rings (SSSR count). The van der Waals surface area contributed by atoms with Crippen molar-refractivity contribution in [2.45, 2.75) is 38.8 Å². The molecule has 0 heterocycles. The fourth-order valence-electron chi connectivity index (χ4n) is 1.27. The fourth-order valence-corrected chi connectivity index (χ4v) is 1.99. The zero-order valence-electron chi connectivity index (χ0n) is 10.6. The standard InChI is InChI=1S/C11H24N2O2S/c1-5-8(2)9(12)10(14)13-6-11(3,15)7-16-4/h8-9,15H,5-7,12H2,1-4H3,(H,13,14)/t8?,9-,11?/m0/s1. The van der Waals surface area contributed by atoms with Crippen LogP contribution in [-0.4, -0.2) is 41.2 Å². The highest BCUT2D eigenvalue weighted by molar-refractivity contribution is 7.98. The van der Waals surface area contributed by atoms with Gasteiger partial charge in [0, 0.05) is 12.3 Å². The Morgan fingerprint density at radius 3 is 2.62 bits per heavy atom. The third-order valence-electron chi connectivity index (χ3n) is 2.66. The van der Waals surface area contributed by atoms with Crippen LogP contribution >= 0.6 is 11.8 Å². The van der Waals surface area contributed by atoms with Crippen LogP contribution in [0.25, 0.3) is 0 Å². The molecular weight excluding hydrogens is 224 g/mol. The Morgan fingerprint density at radius 1 is 1.62 bits per heavy atom. The summed E-state index contributed by atoms with van der Waals surface area (Å²) in [4.78, 5) is 11.6. The molecule has 0 aliphatic carbocycles. The molecule has 0 aromatic carbocycles. The number of aliphatic hydroxyl groups is 1. The lowest BCUT2D eigenvalue weighted by Crippen LogP contribution is -2.50. The molecule has 0 saturated carbocycles. The zero-order chi connectivity index (χ0) is 12.8. The van der Waals surface area contributed by atoms with Gasteiger partial charge in [-0.15, -0.1) is 0 Å². The van der Waals surface area contributed by atoms with Crippen molar-refractivity contribution in [3.63, 3.8) is 0 Å². The molecule has 2 unspecified atom stereocenters. The summed E-state index contributed by atoms with van der Waals surface area (Å²) in [5.74, 6) is 0.562. The Morgan fingerprint density at radius 2 is 2.19 bits per heavy atom. The minimum Gasteiger partial charge on any atom is -0.387 e. The van der Waals surface area contributed by atoms with Gasteiger partial charge in [0.25, 0.3) is 0 Å². The number of nitrogens with one attached hydrogen (secondary N) is 1. The van der Waals surface area contributed by atoms with E-state index in [1.807, 2.05) is 20.1 Å². The molecule has 0 bridgehead atoms. The van der Waals surface area contributed by atoms with E-state index in [-0.39, 0.29) is 18.4 Å². The van der Waals surface area contributed by atoms with E-state index in [0.717, 1.165) is 6.42 Å². The summed E-state index contributed by atoms with van der Waals surface area (Å²) in [6.45, 7) is 5.90. The minimum atomic E-state index is -0.871. The number of hydrogen-bond donors (Lipinski definition) is 3. The highest BCUT2D eigenvalue weighted by Crippen LogP contribution is 2.10. The molecule has 1 amide bonds. The molecular formula is C11H24N2O2S. The molecule has 0 aromatic heterocycles. The molecule has 0 aliphatic heterocycles. The van der Waals surface area contributed by atoms with E-state index in [4.69, 9.17) is 5.73 Å². The van der Waals surface area contributed by atoms with Crippen molar-refractivity contribution in [3.05, 3.63) is 0 Å². The lowest BCUT2D eigenvalue weighted by atomic mass is 9.99. The highest BCUT2D eigenvalue weighted by Gasteiger charge is 2.24. The van der Waals surface area contributed by atoms with Crippen LogP contribution in [0.5, 0.6) is 0 Å². The van der Waals surface area contributed by atoms with Gasteiger partial charge in [0.1, 0.15) is 0 Å². The molecule has 0 spiro atoms. The molecule has 0 aromatic rings. The van der Waals surface area contributed by atoms with Crippen LogP contribution in [0.15, 0.2) is 0 Å². The number of amides is 1. The maximum Gasteiger partial charge on any atom is 0.237 e. The third-order valence-corrected chi connectivity index (χ3v) is 3.57. The van der Waals surface area contributed by atoms with Gasteiger partial charge >= 0.3 is 0 Å². The average molecular weight is 248 g/mol. The first-order chi connectivity index (χ1) is 7.34. The molecule has 0 radical (unpaired) electrons. The number of carbonyl (C=O) groups excluding carboxylic acids is 1. The quantitative estimate of drug-likeness (QED) is 0.616. The van der Waals surface area contributed by atoms with E-state index in [1.165, 1.54) is 0 Å². The summed E-state index contributed by atoms with van der Waals surface area (Å²) in [7, 11) is 0. The second-order valence-electron chi connectivity index (χ2n) is 4.56. The number of nitrogens with two attached hydrogens (primary N) is 1. The predicted molar refractivity (Wildman–Crippen MR) is 69.4 cm³/mol. The number of carbonyl (C=O) groups is 1. The Labute approximate surface area is 102 Å². The van der Waals surface area contributed by atoms with E-state index >= 15 is 0 Å². The number of thioether (sulfide) groups is 1. The van der Waals surface area contributed by atoms with Crippen LogP contribution < -0.4 is 11.1 Å². The fraction of sp³-hybridized carbons (Fsp3) is 0.909. The summed E-state index contributed by atoms with van der Waals surface area (Å²) < 4.78 is 0. The molecule has 4 N–H and O–H groups in total. The summed E-state index contributed by atoms with van der Waals surface area (Å²) in [5.41, 5.74) is 4.90. The third kappa shape index (κ3) is 5.72. The van der Waals surface area contributed by atoms with Crippen LogP contribution in [0.4, 0.5) is 0 Å². The first kappa shape index (κ1) is 15.7. The maximum absolute atomic E-state index is 11.6. The monoisotopic (exact) mass is 248 g/mol. The van der Waals surface area contributed by atoms with Crippen molar-refractivity contribution < 1.29 is 9.90 Å². The van der Waals surface area contributed by atoms with Crippen molar-refractivity contribution in [2.75, 3.05) is 18.6 Å². The van der Waals surface area contributed by atoms with Crippen LogP contribution in [0.2, 0.25) is 0 Å². The van der Waals surface area contributed by atoms with Crippen LogP contribution in [-0.2, 0) is 4.79 Å². The first-order valence-corrected chi connectivity index (χ1v) is 6.98. The maximum atomic E-state index is 11.6. The van der Waals surface area contributed by atoms with Gasteiger partial charge in [0.2, 0.25) is 5.91 Å². The number of rotatable bonds is 7. The van der Waals surface area contributed by atoms with Gasteiger partial charge in [-0.1, -0.05) is 20.3 Å². The van der Waals surface area contributed by atoms with E-state index in [2.05, 4.69) is 5.32 Å². The Hall–Kier alpha value is -0.260. The Balaban J connectivity index is 4.06. The summed E-state index contributed by atoms with van der Waals surface area (Å²) in [6.07, 6.45) is 2.79. The van der Waals surface area contributed by atoms with E-state index < -0.39 is 11.6 Å². The van der Waals surface area contributed by atoms with Crippen molar-refractivity contribution in [1.29, 1.82) is 0 Å². The summed E-state index contributed by atoms with van der Waals surface area (Å²) in [5, 5.41) is 12.6. The van der Waals surface area contributed by atoms with Gasteiger partial charge in [-0.25, -0.2) is 0 Å². The van der Waals surface area contributed by atoms with Gasteiger partial charge < -0.3 is 16.2 Å².